The van der Waals surface area contributed by atoms with E-state index in [4.69, 9.17) is 0 Å². The molecule has 3 aromatic rings. The second kappa shape index (κ2) is 8.90. The van der Waals surface area contributed by atoms with Gasteiger partial charge in [0.25, 0.3) is 0 Å². The van der Waals surface area contributed by atoms with Gasteiger partial charge in [-0.3, -0.25) is 9.59 Å². The molecule has 33 heavy (non-hydrogen) atoms. The van der Waals surface area contributed by atoms with Crippen LogP contribution < -0.4 is 10.6 Å². The maximum atomic E-state index is 13.0. The Labute approximate surface area is 192 Å². The van der Waals surface area contributed by atoms with Crippen molar-refractivity contribution < 1.29 is 19.5 Å². The number of benzene rings is 3. The van der Waals surface area contributed by atoms with Crippen molar-refractivity contribution in [1.29, 1.82) is 0 Å². The number of carboxylic acid groups (broad SMARTS) is 1. The SMILES string of the molecule is Cc1cc(NC(=O)Nc2ccccc2)ccc1-c1ccc2c(c1)CCC(C)(CC(=O)O)C2=O. The van der Waals surface area contributed by atoms with E-state index in [-0.39, 0.29) is 18.2 Å². The van der Waals surface area contributed by atoms with Crippen LogP contribution in [0.5, 0.6) is 0 Å². The van der Waals surface area contributed by atoms with E-state index in [1.54, 1.807) is 6.92 Å². The Morgan fingerprint density at radius 3 is 2.33 bits per heavy atom. The highest BCUT2D eigenvalue weighted by Crippen LogP contribution is 2.39. The van der Waals surface area contributed by atoms with Crippen molar-refractivity contribution in [1.82, 2.24) is 0 Å². The van der Waals surface area contributed by atoms with Crippen LogP contribution in [-0.2, 0) is 11.2 Å². The van der Waals surface area contributed by atoms with Crippen LogP contribution in [0.2, 0.25) is 0 Å². The molecule has 1 aliphatic rings. The van der Waals surface area contributed by atoms with E-state index in [0.29, 0.717) is 29.8 Å². The number of ketones is 1. The predicted octanol–water partition coefficient (Wildman–Crippen LogP) is 5.92. The molecule has 0 fully saturated rings. The number of aryl methyl sites for hydroxylation is 2. The molecule has 6 heteroatoms. The van der Waals surface area contributed by atoms with Gasteiger partial charge in [0.05, 0.1) is 6.42 Å². The number of fused-ring (bicyclic) bond motifs is 1. The van der Waals surface area contributed by atoms with E-state index in [2.05, 4.69) is 10.6 Å². The summed E-state index contributed by atoms with van der Waals surface area (Å²) in [7, 11) is 0. The molecule has 3 aromatic carbocycles. The van der Waals surface area contributed by atoms with Gasteiger partial charge in [0.2, 0.25) is 0 Å². The van der Waals surface area contributed by atoms with Gasteiger partial charge < -0.3 is 15.7 Å². The van der Waals surface area contributed by atoms with E-state index in [0.717, 1.165) is 22.3 Å². The molecule has 1 unspecified atom stereocenters. The highest BCUT2D eigenvalue weighted by molar-refractivity contribution is 6.04. The van der Waals surface area contributed by atoms with Crippen LogP contribution in [0.15, 0.2) is 66.7 Å². The van der Waals surface area contributed by atoms with Gasteiger partial charge in [-0.25, -0.2) is 4.79 Å². The highest BCUT2D eigenvalue weighted by atomic mass is 16.4. The van der Waals surface area contributed by atoms with Crippen LogP contribution in [0.4, 0.5) is 16.2 Å². The van der Waals surface area contributed by atoms with Crippen LogP contribution in [0.3, 0.4) is 0 Å². The standard InChI is InChI=1S/C27H26N2O4/c1-17-14-21(29-26(33)28-20-6-4-3-5-7-20)9-11-22(17)18-8-10-23-19(15-18)12-13-27(2,25(23)32)16-24(30)31/h3-11,14-15H,12-13,16H2,1-2H3,(H,30,31)(H2,28,29,33). The van der Waals surface area contributed by atoms with E-state index in [9.17, 15) is 19.5 Å². The molecule has 168 valence electrons. The monoisotopic (exact) mass is 442 g/mol. The third-order valence-corrected chi connectivity index (χ3v) is 6.21. The fourth-order valence-corrected chi connectivity index (χ4v) is 4.42. The molecule has 3 N–H and O–H groups in total. The number of amides is 2. The lowest BCUT2D eigenvalue weighted by Crippen LogP contribution is -2.35. The van der Waals surface area contributed by atoms with Gasteiger partial charge in [0, 0.05) is 22.4 Å². The average molecular weight is 443 g/mol. The maximum Gasteiger partial charge on any atom is 0.323 e. The number of rotatable bonds is 5. The quantitative estimate of drug-likeness (QED) is 0.457. The fraction of sp³-hybridized carbons (Fsp3) is 0.222. The van der Waals surface area contributed by atoms with Crippen LogP contribution in [0, 0.1) is 12.3 Å². The number of carbonyl (C=O) groups is 3. The molecule has 1 aliphatic carbocycles. The summed E-state index contributed by atoms with van der Waals surface area (Å²) in [5.74, 6) is -1.05. The Morgan fingerprint density at radius 2 is 1.64 bits per heavy atom. The Hall–Kier alpha value is -3.93. The number of hydrogen-bond donors (Lipinski definition) is 3. The zero-order chi connectivity index (χ0) is 23.6. The largest absolute Gasteiger partial charge is 0.481 e. The molecule has 0 radical (unpaired) electrons. The van der Waals surface area contributed by atoms with E-state index in [1.165, 1.54) is 0 Å². The molecule has 0 aromatic heterocycles. The predicted molar refractivity (Wildman–Crippen MR) is 129 cm³/mol. The second-order valence-corrected chi connectivity index (χ2v) is 8.81. The number of urea groups is 1. The Kier molecular flexibility index (Phi) is 6.01. The van der Waals surface area contributed by atoms with E-state index < -0.39 is 11.4 Å². The summed E-state index contributed by atoms with van der Waals surface area (Å²) in [6.45, 7) is 3.72. The van der Waals surface area contributed by atoms with Gasteiger partial charge in [-0.15, -0.1) is 0 Å². The minimum absolute atomic E-state index is 0.0987. The summed E-state index contributed by atoms with van der Waals surface area (Å²) >= 11 is 0. The van der Waals surface area contributed by atoms with E-state index >= 15 is 0 Å². The maximum absolute atomic E-state index is 13.0. The highest BCUT2D eigenvalue weighted by Gasteiger charge is 2.40. The first-order valence-corrected chi connectivity index (χ1v) is 10.9. The first kappa shape index (κ1) is 22.3. The average Bonchev–Trinajstić information content (AvgIpc) is 2.77. The summed E-state index contributed by atoms with van der Waals surface area (Å²) in [6, 6.07) is 20.4. The molecule has 0 spiro atoms. The summed E-state index contributed by atoms with van der Waals surface area (Å²) in [5.41, 5.74) is 5.09. The van der Waals surface area contributed by atoms with Crippen LogP contribution >= 0.6 is 0 Å². The molecule has 2 amide bonds. The normalized spacial score (nSPS) is 17.2. The molecule has 6 nitrogen and oxygen atoms in total. The van der Waals surface area contributed by atoms with Crippen molar-refractivity contribution in [2.24, 2.45) is 5.41 Å². The Bertz CT molecular complexity index is 1240. The van der Waals surface area contributed by atoms with Crippen molar-refractivity contribution in [3.63, 3.8) is 0 Å². The number of Topliss-reactive ketones (excluding diaryl/α,β-unsaturated/α-hetero) is 1. The number of aliphatic carboxylic acids is 1. The lowest BCUT2D eigenvalue weighted by Gasteiger charge is -2.32. The molecule has 0 saturated carbocycles. The van der Waals surface area contributed by atoms with Crippen molar-refractivity contribution >= 4 is 29.2 Å². The number of hydrogen-bond acceptors (Lipinski definition) is 3. The minimum Gasteiger partial charge on any atom is -0.481 e. The van der Waals surface area contributed by atoms with Gasteiger partial charge in [-0.05, 0) is 66.3 Å². The summed E-state index contributed by atoms with van der Waals surface area (Å²) in [4.78, 5) is 36.4. The molecule has 4 rings (SSSR count). The van der Waals surface area contributed by atoms with Crippen LogP contribution in [0.25, 0.3) is 11.1 Å². The molecule has 0 bridgehead atoms. The topological polar surface area (TPSA) is 95.5 Å². The molecule has 0 saturated heterocycles. The van der Waals surface area contributed by atoms with Crippen molar-refractivity contribution in [2.75, 3.05) is 10.6 Å². The summed E-state index contributed by atoms with van der Waals surface area (Å²) < 4.78 is 0. The number of anilines is 2. The Morgan fingerprint density at radius 1 is 0.939 bits per heavy atom. The van der Waals surface area contributed by atoms with E-state index in [1.807, 2.05) is 73.7 Å². The zero-order valence-corrected chi connectivity index (χ0v) is 18.6. The third-order valence-electron chi connectivity index (χ3n) is 6.21. The van der Waals surface area contributed by atoms with Crippen LogP contribution in [-0.4, -0.2) is 22.9 Å². The first-order valence-electron chi connectivity index (χ1n) is 10.9. The van der Waals surface area contributed by atoms with Gasteiger partial charge in [0.15, 0.2) is 5.78 Å². The lowest BCUT2D eigenvalue weighted by molar-refractivity contribution is -0.139. The minimum atomic E-state index is -0.951. The molecule has 0 aliphatic heterocycles. The van der Waals surface area contributed by atoms with Crippen LogP contribution in [0.1, 0.15) is 41.3 Å². The number of carbonyl (C=O) groups excluding carboxylic acids is 2. The second-order valence-electron chi connectivity index (χ2n) is 8.81. The van der Waals surface area contributed by atoms with Crippen molar-refractivity contribution in [2.45, 2.75) is 33.1 Å². The summed E-state index contributed by atoms with van der Waals surface area (Å²) in [5, 5.41) is 14.8. The molecule has 0 heterocycles. The fourth-order valence-electron chi connectivity index (χ4n) is 4.42. The lowest BCUT2D eigenvalue weighted by atomic mass is 9.69. The van der Waals surface area contributed by atoms with Crippen molar-refractivity contribution in [3.05, 3.63) is 83.4 Å². The van der Waals surface area contributed by atoms with Crippen molar-refractivity contribution in [3.8, 4) is 11.1 Å². The number of nitrogens with one attached hydrogen (secondary N) is 2. The summed E-state index contributed by atoms with van der Waals surface area (Å²) in [6.07, 6.45) is 1.03. The Balaban J connectivity index is 1.52. The van der Waals surface area contributed by atoms with Gasteiger partial charge in [-0.1, -0.05) is 49.4 Å². The first-order chi connectivity index (χ1) is 15.7. The molecular formula is C27H26N2O4. The van der Waals surface area contributed by atoms with Gasteiger partial charge in [-0.2, -0.15) is 0 Å². The number of para-hydroxylation sites is 1. The third kappa shape index (κ3) is 4.80. The van der Waals surface area contributed by atoms with Gasteiger partial charge >= 0.3 is 12.0 Å². The molecular weight excluding hydrogens is 416 g/mol. The smallest absolute Gasteiger partial charge is 0.323 e. The van der Waals surface area contributed by atoms with Gasteiger partial charge in [0.1, 0.15) is 0 Å². The molecule has 1 atom stereocenters. The number of carboxylic acids is 1. The zero-order valence-electron chi connectivity index (χ0n) is 18.6.